The molecule has 0 unspecified atom stereocenters. The second kappa shape index (κ2) is 7.86. The quantitative estimate of drug-likeness (QED) is 0.683. The van der Waals surface area contributed by atoms with Crippen LogP contribution in [0.5, 0.6) is 5.88 Å². The van der Waals surface area contributed by atoms with Gasteiger partial charge in [0.05, 0.1) is 13.7 Å². The van der Waals surface area contributed by atoms with Crippen molar-refractivity contribution in [2.24, 2.45) is 10.9 Å². The largest absolute Gasteiger partial charge is 0.481 e. The van der Waals surface area contributed by atoms with Gasteiger partial charge in [-0.15, -0.1) is 0 Å². The first-order valence-electron chi connectivity index (χ1n) is 7.75. The second-order valence-electron chi connectivity index (χ2n) is 5.55. The summed E-state index contributed by atoms with van der Waals surface area (Å²) in [6, 6.07) is 3.92. The topological polar surface area (TPSA) is 49.8 Å². The molecule has 0 atom stereocenters. The van der Waals surface area contributed by atoms with Crippen molar-refractivity contribution in [3.63, 3.8) is 0 Å². The third-order valence-electron chi connectivity index (χ3n) is 3.84. The third kappa shape index (κ3) is 4.62. The Kier molecular flexibility index (Phi) is 5.84. The van der Waals surface area contributed by atoms with Crippen LogP contribution in [0, 0.1) is 5.92 Å². The van der Waals surface area contributed by atoms with Gasteiger partial charge in [-0.1, -0.05) is 6.92 Å². The highest BCUT2D eigenvalue weighted by atomic mass is 16.5. The first-order valence-corrected chi connectivity index (χ1v) is 7.75. The van der Waals surface area contributed by atoms with Gasteiger partial charge >= 0.3 is 0 Å². The number of hydrogen-bond acceptors (Lipinski definition) is 3. The first kappa shape index (κ1) is 15.6. The van der Waals surface area contributed by atoms with Crippen molar-refractivity contribution in [3.8, 4) is 5.88 Å². The summed E-state index contributed by atoms with van der Waals surface area (Å²) in [5.41, 5.74) is 1.11. The van der Waals surface area contributed by atoms with Crippen molar-refractivity contribution in [1.29, 1.82) is 0 Å². The van der Waals surface area contributed by atoms with Gasteiger partial charge in [0.2, 0.25) is 5.88 Å². The van der Waals surface area contributed by atoms with Gasteiger partial charge in [-0.2, -0.15) is 0 Å². The van der Waals surface area contributed by atoms with E-state index in [-0.39, 0.29) is 0 Å². The van der Waals surface area contributed by atoms with E-state index in [4.69, 9.17) is 9.73 Å². The zero-order chi connectivity index (χ0) is 15.1. The number of hydrogen-bond donors (Lipinski definition) is 1. The predicted molar refractivity (Wildman–Crippen MR) is 85.6 cm³/mol. The average molecular weight is 290 g/mol. The molecular formula is C16H26N4O. The number of guanidine groups is 1. The minimum atomic E-state index is 0.638. The number of nitrogens with zero attached hydrogens (tertiary/aromatic N) is 3. The summed E-state index contributed by atoms with van der Waals surface area (Å²) in [5.74, 6) is 2.48. The van der Waals surface area contributed by atoms with Crippen LogP contribution < -0.4 is 10.1 Å². The number of ether oxygens (including phenoxy) is 1. The summed E-state index contributed by atoms with van der Waals surface area (Å²) in [6.45, 7) is 8.15. The van der Waals surface area contributed by atoms with Gasteiger partial charge in [0.25, 0.3) is 0 Å². The molecule has 0 saturated carbocycles. The SMILES string of the molecule is CCNC(=NCc1ccnc(OC)c1)N1CCC(C)CC1. The van der Waals surface area contributed by atoms with Crippen molar-refractivity contribution >= 4 is 5.96 Å². The number of methoxy groups -OCH3 is 1. The maximum Gasteiger partial charge on any atom is 0.213 e. The summed E-state index contributed by atoms with van der Waals surface area (Å²) in [7, 11) is 1.63. The summed E-state index contributed by atoms with van der Waals surface area (Å²) in [4.78, 5) is 11.2. The molecule has 5 nitrogen and oxygen atoms in total. The molecule has 0 aromatic carbocycles. The van der Waals surface area contributed by atoms with Crippen LogP contribution in [0.1, 0.15) is 32.3 Å². The van der Waals surface area contributed by atoms with E-state index >= 15 is 0 Å². The molecule has 1 aliphatic rings. The van der Waals surface area contributed by atoms with Crippen LogP contribution in [0.4, 0.5) is 0 Å². The molecule has 1 saturated heterocycles. The molecule has 1 aromatic heterocycles. The molecular weight excluding hydrogens is 264 g/mol. The van der Waals surface area contributed by atoms with Crippen LogP contribution in [0.25, 0.3) is 0 Å². The molecule has 1 aromatic rings. The van der Waals surface area contributed by atoms with Crippen molar-refractivity contribution in [2.45, 2.75) is 33.2 Å². The lowest BCUT2D eigenvalue weighted by molar-refractivity contribution is 0.273. The highest BCUT2D eigenvalue weighted by molar-refractivity contribution is 5.80. The van der Waals surface area contributed by atoms with Gasteiger partial charge in [0, 0.05) is 31.9 Å². The lowest BCUT2D eigenvalue weighted by Gasteiger charge is -2.33. The lowest BCUT2D eigenvalue weighted by Crippen LogP contribution is -2.45. The zero-order valence-electron chi connectivity index (χ0n) is 13.3. The Morgan fingerprint density at radius 1 is 1.48 bits per heavy atom. The molecule has 0 bridgehead atoms. The van der Waals surface area contributed by atoms with E-state index in [2.05, 4.69) is 29.0 Å². The standard InChI is InChI=1S/C16H26N4O/c1-4-17-16(20-9-6-13(2)7-10-20)19-12-14-5-8-18-15(11-14)21-3/h5,8,11,13H,4,6-7,9-10,12H2,1-3H3,(H,17,19). The number of rotatable bonds is 4. The molecule has 1 aliphatic heterocycles. The number of aromatic nitrogens is 1. The molecule has 2 rings (SSSR count). The number of piperidine rings is 1. The predicted octanol–water partition coefficient (Wildman–Crippen LogP) is 2.29. The van der Waals surface area contributed by atoms with E-state index in [1.807, 2.05) is 12.1 Å². The van der Waals surface area contributed by atoms with Crippen molar-refractivity contribution in [2.75, 3.05) is 26.7 Å². The van der Waals surface area contributed by atoms with E-state index in [1.165, 1.54) is 12.8 Å². The van der Waals surface area contributed by atoms with E-state index in [0.29, 0.717) is 12.4 Å². The highest BCUT2D eigenvalue weighted by Gasteiger charge is 2.18. The first-order chi connectivity index (χ1) is 10.2. The Bertz CT molecular complexity index is 467. The fraction of sp³-hybridized carbons (Fsp3) is 0.625. The normalized spacial score (nSPS) is 16.9. The van der Waals surface area contributed by atoms with Gasteiger partial charge < -0.3 is 15.0 Å². The summed E-state index contributed by atoms with van der Waals surface area (Å²) in [5, 5.41) is 3.40. The average Bonchev–Trinajstić information content (AvgIpc) is 2.52. The molecule has 1 N–H and O–H groups in total. The number of likely N-dealkylation sites (tertiary alicyclic amines) is 1. The van der Waals surface area contributed by atoms with Gasteiger partial charge in [0.15, 0.2) is 5.96 Å². The van der Waals surface area contributed by atoms with E-state index < -0.39 is 0 Å². The molecule has 0 spiro atoms. The third-order valence-corrected chi connectivity index (χ3v) is 3.84. The van der Waals surface area contributed by atoms with Crippen LogP contribution in [0.2, 0.25) is 0 Å². The van der Waals surface area contributed by atoms with Crippen LogP contribution >= 0.6 is 0 Å². The minimum Gasteiger partial charge on any atom is -0.481 e. The summed E-state index contributed by atoms with van der Waals surface area (Å²) in [6.07, 6.45) is 4.25. The molecule has 0 amide bonds. The van der Waals surface area contributed by atoms with E-state index in [9.17, 15) is 0 Å². The molecule has 2 heterocycles. The Morgan fingerprint density at radius 3 is 2.90 bits per heavy atom. The zero-order valence-corrected chi connectivity index (χ0v) is 13.3. The fourth-order valence-corrected chi connectivity index (χ4v) is 2.47. The lowest BCUT2D eigenvalue weighted by atomic mass is 10.00. The molecule has 21 heavy (non-hydrogen) atoms. The Balaban J connectivity index is 2.02. The maximum absolute atomic E-state index is 5.15. The highest BCUT2D eigenvalue weighted by Crippen LogP contribution is 2.16. The molecule has 0 aliphatic carbocycles. The van der Waals surface area contributed by atoms with E-state index in [0.717, 1.165) is 37.1 Å². The van der Waals surface area contributed by atoms with Crippen molar-refractivity contribution in [3.05, 3.63) is 23.9 Å². The second-order valence-corrected chi connectivity index (χ2v) is 5.55. The molecule has 5 heteroatoms. The summed E-state index contributed by atoms with van der Waals surface area (Å²) >= 11 is 0. The van der Waals surface area contributed by atoms with Gasteiger partial charge in [-0.25, -0.2) is 9.98 Å². The van der Waals surface area contributed by atoms with Gasteiger partial charge in [-0.05, 0) is 37.3 Å². The van der Waals surface area contributed by atoms with Crippen molar-refractivity contribution in [1.82, 2.24) is 15.2 Å². The fourth-order valence-electron chi connectivity index (χ4n) is 2.47. The molecule has 0 radical (unpaired) electrons. The monoisotopic (exact) mass is 290 g/mol. The van der Waals surface area contributed by atoms with Gasteiger partial charge in [-0.3, -0.25) is 0 Å². The molecule has 116 valence electrons. The van der Waals surface area contributed by atoms with E-state index in [1.54, 1.807) is 13.3 Å². The molecule has 1 fully saturated rings. The minimum absolute atomic E-state index is 0.638. The maximum atomic E-state index is 5.15. The van der Waals surface area contributed by atoms with Crippen LogP contribution in [0.15, 0.2) is 23.3 Å². The van der Waals surface area contributed by atoms with Crippen LogP contribution in [0.3, 0.4) is 0 Å². The van der Waals surface area contributed by atoms with Crippen LogP contribution in [-0.2, 0) is 6.54 Å². The summed E-state index contributed by atoms with van der Waals surface area (Å²) < 4.78 is 5.15. The number of pyridine rings is 1. The Labute approximate surface area is 127 Å². The van der Waals surface area contributed by atoms with Gasteiger partial charge in [0.1, 0.15) is 0 Å². The number of aliphatic imine (C=N–C) groups is 1. The van der Waals surface area contributed by atoms with Crippen LogP contribution in [-0.4, -0.2) is 42.6 Å². The number of nitrogens with one attached hydrogen (secondary N) is 1. The Hall–Kier alpha value is -1.78. The smallest absolute Gasteiger partial charge is 0.213 e. The Morgan fingerprint density at radius 2 is 2.24 bits per heavy atom. The van der Waals surface area contributed by atoms with Crippen molar-refractivity contribution < 1.29 is 4.74 Å².